The van der Waals surface area contributed by atoms with Crippen molar-refractivity contribution in [3.05, 3.63) is 35.2 Å². The molecule has 0 unspecified atom stereocenters. The number of rotatable bonds is 5. The first kappa shape index (κ1) is 18.4. The van der Waals surface area contributed by atoms with Crippen LogP contribution in [0.15, 0.2) is 30.3 Å². The zero-order valence-electron chi connectivity index (χ0n) is 14.7. The van der Waals surface area contributed by atoms with Gasteiger partial charge in [-0.05, 0) is 30.4 Å². The molecule has 138 valence electrons. The summed E-state index contributed by atoms with van der Waals surface area (Å²) in [6.45, 7) is -0.199. The van der Waals surface area contributed by atoms with Crippen LogP contribution in [0.4, 0.5) is 0 Å². The Morgan fingerprint density at radius 3 is 2.58 bits per heavy atom. The SMILES string of the molecule is COC(=O)CNC(=O)C1(NC(=O)c2cc3ccccc3s2)CCCCC1. The van der Waals surface area contributed by atoms with Gasteiger partial charge in [0.15, 0.2) is 0 Å². The van der Waals surface area contributed by atoms with Crippen molar-refractivity contribution in [2.45, 2.75) is 37.6 Å². The number of fused-ring (bicyclic) bond motifs is 1. The zero-order chi connectivity index (χ0) is 18.6. The lowest BCUT2D eigenvalue weighted by molar-refractivity contribution is -0.142. The third-order valence-corrected chi connectivity index (χ3v) is 5.88. The van der Waals surface area contributed by atoms with Gasteiger partial charge in [0.25, 0.3) is 5.91 Å². The quantitative estimate of drug-likeness (QED) is 0.788. The van der Waals surface area contributed by atoms with Crippen LogP contribution in [-0.4, -0.2) is 37.0 Å². The molecule has 1 aromatic carbocycles. The standard InChI is InChI=1S/C19H22N2O4S/c1-25-16(22)12-20-18(24)19(9-5-2-6-10-19)21-17(23)15-11-13-7-3-4-8-14(13)26-15/h3-4,7-8,11H,2,5-6,9-10,12H2,1H3,(H,20,24)(H,21,23). The maximum atomic E-state index is 12.8. The van der Waals surface area contributed by atoms with Gasteiger partial charge < -0.3 is 15.4 Å². The molecule has 7 heteroatoms. The first-order valence-corrected chi connectivity index (χ1v) is 9.52. The Morgan fingerprint density at radius 2 is 1.88 bits per heavy atom. The molecule has 2 amide bonds. The van der Waals surface area contributed by atoms with Crippen molar-refractivity contribution < 1.29 is 19.1 Å². The number of carbonyl (C=O) groups excluding carboxylic acids is 3. The van der Waals surface area contributed by atoms with Crippen LogP contribution in [0.5, 0.6) is 0 Å². The predicted octanol–water partition coefficient (Wildman–Crippen LogP) is 2.62. The van der Waals surface area contributed by atoms with E-state index in [4.69, 9.17) is 0 Å². The van der Waals surface area contributed by atoms with E-state index in [1.165, 1.54) is 18.4 Å². The lowest BCUT2D eigenvalue weighted by atomic mass is 9.80. The second kappa shape index (κ2) is 7.86. The third kappa shape index (κ3) is 3.88. The molecule has 1 fully saturated rings. The molecule has 3 rings (SSSR count). The molecule has 0 aliphatic heterocycles. The summed E-state index contributed by atoms with van der Waals surface area (Å²) in [6.07, 6.45) is 3.88. The third-order valence-electron chi connectivity index (χ3n) is 4.76. The van der Waals surface area contributed by atoms with Gasteiger partial charge in [0.05, 0.1) is 12.0 Å². The Bertz CT molecular complexity index is 791. The summed E-state index contributed by atoms with van der Waals surface area (Å²) in [5.74, 6) is -1.08. The fourth-order valence-electron chi connectivity index (χ4n) is 3.33. The molecule has 0 spiro atoms. The molecule has 1 heterocycles. The molecule has 1 aromatic heterocycles. The maximum Gasteiger partial charge on any atom is 0.325 e. The molecule has 2 N–H and O–H groups in total. The van der Waals surface area contributed by atoms with E-state index in [9.17, 15) is 14.4 Å². The van der Waals surface area contributed by atoms with Gasteiger partial charge in [-0.15, -0.1) is 11.3 Å². The van der Waals surface area contributed by atoms with Gasteiger partial charge in [0.1, 0.15) is 12.1 Å². The molecule has 1 aliphatic rings. The van der Waals surface area contributed by atoms with Crippen LogP contribution in [0.3, 0.4) is 0 Å². The second-order valence-electron chi connectivity index (χ2n) is 6.50. The van der Waals surface area contributed by atoms with Crippen LogP contribution >= 0.6 is 11.3 Å². The van der Waals surface area contributed by atoms with E-state index in [-0.39, 0.29) is 18.4 Å². The summed E-state index contributed by atoms with van der Waals surface area (Å²) in [6, 6.07) is 9.64. The summed E-state index contributed by atoms with van der Waals surface area (Å²) in [5, 5.41) is 6.57. The molecule has 0 bridgehead atoms. The average molecular weight is 374 g/mol. The molecular weight excluding hydrogens is 352 g/mol. The van der Waals surface area contributed by atoms with Gasteiger partial charge in [-0.3, -0.25) is 14.4 Å². The van der Waals surface area contributed by atoms with Crippen molar-refractivity contribution in [3.8, 4) is 0 Å². The number of hydrogen-bond donors (Lipinski definition) is 2. The van der Waals surface area contributed by atoms with E-state index >= 15 is 0 Å². The van der Waals surface area contributed by atoms with Gasteiger partial charge in [-0.2, -0.15) is 0 Å². The Kier molecular flexibility index (Phi) is 5.56. The Morgan fingerprint density at radius 1 is 1.15 bits per heavy atom. The lowest BCUT2D eigenvalue weighted by Gasteiger charge is -2.36. The minimum Gasteiger partial charge on any atom is -0.468 e. The van der Waals surface area contributed by atoms with Crippen LogP contribution in [0.1, 0.15) is 41.8 Å². The fourth-order valence-corrected chi connectivity index (χ4v) is 4.29. The second-order valence-corrected chi connectivity index (χ2v) is 7.59. The molecular formula is C19H22N2O4S. The Hall–Kier alpha value is -2.41. The predicted molar refractivity (Wildman–Crippen MR) is 100 cm³/mol. The minimum atomic E-state index is -0.973. The normalized spacial score (nSPS) is 16.0. The average Bonchev–Trinajstić information content (AvgIpc) is 3.11. The Balaban J connectivity index is 1.77. The van der Waals surface area contributed by atoms with Crippen LogP contribution in [-0.2, 0) is 14.3 Å². The summed E-state index contributed by atoms with van der Waals surface area (Å²) in [4.78, 5) is 37.5. The van der Waals surface area contributed by atoms with E-state index in [0.717, 1.165) is 29.3 Å². The number of thiophene rings is 1. The van der Waals surface area contributed by atoms with Crippen molar-refractivity contribution in [1.29, 1.82) is 0 Å². The van der Waals surface area contributed by atoms with E-state index in [1.54, 1.807) is 0 Å². The van der Waals surface area contributed by atoms with Gasteiger partial charge in [0.2, 0.25) is 5.91 Å². The van der Waals surface area contributed by atoms with Crippen LogP contribution < -0.4 is 10.6 Å². The number of methoxy groups -OCH3 is 1. The number of ether oxygens (including phenoxy) is 1. The monoisotopic (exact) mass is 374 g/mol. The van der Waals surface area contributed by atoms with Crippen LogP contribution in [0.25, 0.3) is 10.1 Å². The van der Waals surface area contributed by atoms with Gasteiger partial charge in [-0.1, -0.05) is 37.5 Å². The fraction of sp³-hybridized carbons (Fsp3) is 0.421. The highest BCUT2D eigenvalue weighted by Crippen LogP contribution is 2.30. The van der Waals surface area contributed by atoms with E-state index in [0.29, 0.717) is 17.7 Å². The highest BCUT2D eigenvalue weighted by atomic mass is 32.1. The molecule has 26 heavy (non-hydrogen) atoms. The number of nitrogens with one attached hydrogen (secondary N) is 2. The summed E-state index contributed by atoms with van der Waals surface area (Å²) in [5.41, 5.74) is -0.973. The molecule has 6 nitrogen and oxygen atoms in total. The van der Waals surface area contributed by atoms with Crippen LogP contribution in [0.2, 0.25) is 0 Å². The van der Waals surface area contributed by atoms with Crippen molar-refractivity contribution in [3.63, 3.8) is 0 Å². The Labute approximate surface area is 155 Å². The number of esters is 1. The van der Waals surface area contributed by atoms with Crippen molar-refractivity contribution in [2.24, 2.45) is 0 Å². The minimum absolute atomic E-state index is 0.199. The lowest BCUT2D eigenvalue weighted by Crippen LogP contribution is -2.60. The van der Waals surface area contributed by atoms with Crippen LogP contribution in [0, 0.1) is 0 Å². The summed E-state index contributed by atoms with van der Waals surface area (Å²) < 4.78 is 5.60. The molecule has 2 aromatic rings. The largest absolute Gasteiger partial charge is 0.468 e. The van der Waals surface area contributed by atoms with E-state index < -0.39 is 11.5 Å². The van der Waals surface area contributed by atoms with Gasteiger partial charge in [0, 0.05) is 4.70 Å². The van der Waals surface area contributed by atoms with E-state index in [2.05, 4.69) is 15.4 Å². The topological polar surface area (TPSA) is 84.5 Å². The first-order valence-electron chi connectivity index (χ1n) is 8.70. The molecule has 0 atom stereocenters. The smallest absolute Gasteiger partial charge is 0.325 e. The molecule has 1 saturated carbocycles. The number of amides is 2. The zero-order valence-corrected chi connectivity index (χ0v) is 15.5. The number of hydrogen-bond acceptors (Lipinski definition) is 5. The van der Waals surface area contributed by atoms with Gasteiger partial charge in [-0.25, -0.2) is 0 Å². The molecule has 1 aliphatic carbocycles. The molecule has 0 saturated heterocycles. The number of carbonyl (C=O) groups is 3. The number of benzene rings is 1. The highest BCUT2D eigenvalue weighted by molar-refractivity contribution is 7.20. The van der Waals surface area contributed by atoms with Crippen molar-refractivity contribution >= 4 is 39.2 Å². The van der Waals surface area contributed by atoms with Gasteiger partial charge >= 0.3 is 5.97 Å². The van der Waals surface area contributed by atoms with E-state index in [1.807, 2.05) is 30.3 Å². The van der Waals surface area contributed by atoms with Crippen molar-refractivity contribution in [1.82, 2.24) is 10.6 Å². The van der Waals surface area contributed by atoms with Crippen molar-refractivity contribution in [2.75, 3.05) is 13.7 Å². The molecule has 0 radical (unpaired) electrons. The maximum absolute atomic E-state index is 12.8. The highest BCUT2D eigenvalue weighted by Gasteiger charge is 2.41. The summed E-state index contributed by atoms with van der Waals surface area (Å²) >= 11 is 1.41. The first-order chi connectivity index (χ1) is 12.5. The summed E-state index contributed by atoms with van der Waals surface area (Å²) in [7, 11) is 1.27.